The van der Waals surface area contributed by atoms with Crippen LogP contribution in [-0.2, 0) is 4.74 Å². The van der Waals surface area contributed by atoms with Crippen LogP contribution >= 0.6 is 0 Å². The van der Waals surface area contributed by atoms with Crippen LogP contribution in [0.2, 0.25) is 0 Å². The molecule has 0 bridgehead atoms. The highest BCUT2D eigenvalue weighted by atomic mass is 16.5. The first-order chi connectivity index (χ1) is 12.6. The fraction of sp³-hybridized carbons (Fsp3) is 0.611. The normalized spacial score (nSPS) is 16.9. The van der Waals surface area contributed by atoms with Crippen LogP contribution in [-0.4, -0.2) is 98.8 Å². The van der Waals surface area contributed by atoms with Gasteiger partial charge < -0.3 is 24.4 Å². The van der Waals surface area contributed by atoms with Crippen LogP contribution in [0, 0.1) is 0 Å². The second kappa shape index (κ2) is 10.3. The molecule has 8 heteroatoms. The fourth-order valence-electron chi connectivity index (χ4n) is 2.91. The Balaban J connectivity index is 1.82. The lowest BCUT2D eigenvalue weighted by Gasteiger charge is -2.35. The minimum Gasteiger partial charge on any atom is -0.493 e. The van der Waals surface area contributed by atoms with Gasteiger partial charge in [-0.1, -0.05) is 0 Å². The molecule has 1 saturated heterocycles. The summed E-state index contributed by atoms with van der Waals surface area (Å²) < 4.78 is 15.6. The molecule has 1 aromatic rings. The monoisotopic (exact) mass is 368 g/mol. The number of methoxy groups -OCH3 is 2. The number of β-amino-alcohol motifs (C(OH)–C–C–N with tert-alkyl or cyclic N) is 2. The molecular weight excluding hydrogens is 340 g/mol. The molecule has 0 amide bonds. The summed E-state index contributed by atoms with van der Waals surface area (Å²) in [6.45, 7) is 5.00. The van der Waals surface area contributed by atoms with E-state index in [1.165, 1.54) is 14.2 Å². The Morgan fingerprint density at radius 1 is 1.15 bits per heavy atom. The van der Waals surface area contributed by atoms with Gasteiger partial charge in [-0.2, -0.15) is 0 Å². The third kappa shape index (κ3) is 5.84. The van der Waals surface area contributed by atoms with Crippen LogP contribution in [0.15, 0.2) is 18.2 Å². The molecule has 1 aliphatic rings. The fourth-order valence-corrected chi connectivity index (χ4v) is 2.91. The summed E-state index contributed by atoms with van der Waals surface area (Å²) in [5, 5.41) is 19.2. The molecule has 1 unspecified atom stereocenters. The van der Waals surface area contributed by atoms with Gasteiger partial charge >= 0.3 is 5.97 Å². The molecule has 0 aliphatic carbocycles. The number of nitrogens with zero attached hydrogens (tertiary/aromatic N) is 2. The second-order valence-electron chi connectivity index (χ2n) is 6.19. The Bertz CT molecular complexity index is 575. The maximum Gasteiger partial charge on any atom is 0.337 e. The Labute approximate surface area is 153 Å². The molecule has 1 aromatic carbocycles. The number of carbonyl (C=O) groups is 1. The number of rotatable bonds is 9. The number of carbonyl (C=O) groups excluding carboxylic acids is 1. The van der Waals surface area contributed by atoms with Crippen molar-refractivity contribution in [3.8, 4) is 11.5 Å². The van der Waals surface area contributed by atoms with Gasteiger partial charge in [0.05, 0.1) is 26.4 Å². The lowest BCUT2D eigenvalue weighted by molar-refractivity contribution is 0.0422. The van der Waals surface area contributed by atoms with Crippen LogP contribution < -0.4 is 9.47 Å². The highest BCUT2D eigenvalue weighted by Gasteiger charge is 2.19. The van der Waals surface area contributed by atoms with E-state index in [4.69, 9.17) is 14.6 Å². The number of esters is 1. The summed E-state index contributed by atoms with van der Waals surface area (Å²) in [5.74, 6) is 0.430. The number of piperazine rings is 1. The number of ether oxygens (including phenoxy) is 3. The molecule has 146 valence electrons. The van der Waals surface area contributed by atoms with Crippen molar-refractivity contribution in [2.75, 3.05) is 66.7 Å². The van der Waals surface area contributed by atoms with Crippen molar-refractivity contribution >= 4 is 5.97 Å². The minimum absolute atomic E-state index is 0.130. The Kier molecular flexibility index (Phi) is 8.11. The standard InChI is InChI=1S/C18H28N2O6/c1-24-17-11-14(18(23)25-2)3-4-16(17)26-13-15(22)12-20-7-5-19(6-8-20)9-10-21/h3-4,11,15,21-22H,5-10,12-13H2,1-2H3. The molecule has 2 rings (SSSR count). The van der Waals surface area contributed by atoms with Gasteiger partial charge in [0.15, 0.2) is 11.5 Å². The van der Waals surface area contributed by atoms with Crippen molar-refractivity contribution in [2.24, 2.45) is 0 Å². The second-order valence-corrected chi connectivity index (χ2v) is 6.19. The Morgan fingerprint density at radius 3 is 2.46 bits per heavy atom. The van der Waals surface area contributed by atoms with Crippen molar-refractivity contribution in [2.45, 2.75) is 6.10 Å². The number of benzene rings is 1. The molecule has 0 spiro atoms. The van der Waals surface area contributed by atoms with Gasteiger partial charge in [0.1, 0.15) is 12.7 Å². The number of aliphatic hydroxyl groups is 2. The van der Waals surface area contributed by atoms with E-state index in [1.54, 1.807) is 18.2 Å². The highest BCUT2D eigenvalue weighted by molar-refractivity contribution is 5.90. The minimum atomic E-state index is -0.635. The van der Waals surface area contributed by atoms with Crippen LogP contribution in [0.5, 0.6) is 11.5 Å². The van der Waals surface area contributed by atoms with E-state index in [0.29, 0.717) is 30.2 Å². The molecule has 26 heavy (non-hydrogen) atoms. The van der Waals surface area contributed by atoms with Crippen LogP contribution in [0.1, 0.15) is 10.4 Å². The predicted molar refractivity (Wildman–Crippen MR) is 95.8 cm³/mol. The summed E-state index contributed by atoms with van der Waals surface area (Å²) in [6, 6.07) is 4.77. The molecule has 1 fully saturated rings. The molecule has 0 radical (unpaired) electrons. The lowest BCUT2D eigenvalue weighted by Crippen LogP contribution is -2.49. The predicted octanol–water partition coefficient (Wildman–Crippen LogP) is -0.169. The molecule has 1 aliphatic heterocycles. The van der Waals surface area contributed by atoms with Gasteiger partial charge in [-0.15, -0.1) is 0 Å². The van der Waals surface area contributed by atoms with Crippen LogP contribution in [0.3, 0.4) is 0 Å². The zero-order chi connectivity index (χ0) is 18.9. The van der Waals surface area contributed by atoms with Gasteiger partial charge in [-0.3, -0.25) is 9.80 Å². The van der Waals surface area contributed by atoms with Gasteiger partial charge in [0.25, 0.3) is 0 Å². The molecule has 8 nitrogen and oxygen atoms in total. The summed E-state index contributed by atoms with van der Waals surface area (Å²) >= 11 is 0. The first kappa shape index (κ1) is 20.4. The number of hydrogen-bond acceptors (Lipinski definition) is 8. The average molecular weight is 368 g/mol. The first-order valence-electron chi connectivity index (χ1n) is 8.70. The largest absolute Gasteiger partial charge is 0.493 e. The van der Waals surface area contributed by atoms with E-state index in [0.717, 1.165) is 26.2 Å². The topological polar surface area (TPSA) is 91.7 Å². The van der Waals surface area contributed by atoms with E-state index >= 15 is 0 Å². The maximum atomic E-state index is 11.6. The number of aliphatic hydroxyl groups excluding tert-OH is 2. The van der Waals surface area contributed by atoms with Crippen molar-refractivity contribution < 1.29 is 29.2 Å². The first-order valence-corrected chi connectivity index (χ1v) is 8.70. The lowest BCUT2D eigenvalue weighted by atomic mass is 10.2. The third-order valence-electron chi connectivity index (χ3n) is 4.37. The molecule has 0 saturated carbocycles. The van der Waals surface area contributed by atoms with Gasteiger partial charge in [-0.05, 0) is 18.2 Å². The summed E-state index contributed by atoms with van der Waals surface area (Å²) in [4.78, 5) is 15.9. The van der Waals surface area contributed by atoms with Crippen molar-refractivity contribution in [3.63, 3.8) is 0 Å². The molecule has 0 aromatic heterocycles. The average Bonchev–Trinajstić information content (AvgIpc) is 2.67. The van der Waals surface area contributed by atoms with E-state index in [1.807, 2.05) is 0 Å². The van der Waals surface area contributed by atoms with Gasteiger partial charge in [-0.25, -0.2) is 4.79 Å². The van der Waals surface area contributed by atoms with E-state index in [-0.39, 0.29) is 13.2 Å². The van der Waals surface area contributed by atoms with Gasteiger partial charge in [0, 0.05) is 39.3 Å². The zero-order valence-corrected chi connectivity index (χ0v) is 15.4. The molecule has 1 atom stereocenters. The van der Waals surface area contributed by atoms with E-state index in [2.05, 4.69) is 14.5 Å². The van der Waals surface area contributed by atoms with Crippen LogP contribution in [0.25, 0.3) is 0 Å². The summed E-state index contributed by atoms with van der Waals surface area (Å²) in [6.07, 6.45) is -0.635. The van der Waals surface area contributed by atoms with Crippen LogP contribution in [0.4, 0.5) is 0 Å². The van der Waals surface area contributed by atoms with Crippen molar-refractivity contribution in [1.29, 1.82) is 0 Å². The summed E-state index contributed by atoms with van der Waals surface area (Å²) in [7, 11) is 2.81. The Hall–Kier alpha value is -1.87. The highest BCUT2D eigenvalue weighted by Crippen LogP contribution is 2.28. The summed E-state index contributed by atoms with van der Waals surface area (Å²) in [5.41, 5.74) is 0.373. The van der Waals surface area contributed by atoms with Crippen molar-refractivity contribution in [1.82, 2.24) is 9.80 Å². The third-order valence-corrected chi connectivity index (χ3v) is 4.37. The number of hydrogen-bond donors (Lipinski definition) is 2. The molecular formula is C18H28N2O6. The Morgan fingerprint density at radius 2 is 1.85 bits per heavy atom. The van der Waals surface area contributed by atoms with Crippen molar-refractivity contribution in [3.05, 3.63) is 23.8 Å². The quantitative estimate of drug-likeness (QED) is 0.581. The SMILES string of the molecule is COC(=O)c1ccc(OCC(O)CN2CCN(CCO)CC2)c(OC)c1. The van der Waals surface area contributed by atoms with Gasteiger partial charge in [0.2, 0.25) is 0 Å². The van der Waals surface area contributed by atoms with E-state index in [9.17, 15) is 9.90 Å². The zero-order valence-electron chi connectivity index (χ0n) is 15.4. The molecule has 1 heterocycles. The maximum absolute atomic E-state index is 11.6. The van der Waals surface area contributed by atoms with E-state index < -0.39 is 12.1 Å². The molecule has 2 N–H and O–H groups in total. The smallest absolute Gasteiger partial charge is 0.337 e.